The van der Waals surface area contributed by atoms with Crippen molar-refractivity contribution in [3.05, 3.63) is 29.8 Å². The highest BCUT2D eigenvalue weighted by Gasteiger charge is 2.19. The van der Waals surface area contributed by atoms with Crippen molar-refractivity contribution in [2.45, 2.75) is 12.5 Å². The molecule has 3 N–H and O–H groups in total. The van der Waals surface area contributed by atoms with Crippen molar-refractivity contribution in [3.63, 3.8) is 0 Å². The van der Waals surface area contributed by atoms with Gasteiger partial charge in [0.05, 0.1) is 13.2 Å². The standard InChI is InChI=1S/C11H15NO3/c1-11(7-13,8-14)12-6-9-4-2-3-5-10(9)15/h2-6,13-15H,7-8H2,1H3/b12-6+. The summed E-state index contributed by atoms with van der Waals surface area (Å²) in [6.07, 6.45) is 1.45. The quantitative estimate of drug-likeness (QED) is 0.634. The monoisotopic (exact) mass is 209 g/mol. The fourth-order valence-corrected chi connectivity index (χ4v) is 0.954. The number of aromatic hydroxyl groups is 1. The van der Waals surface area contributed by atoms with E-state index in [0.717, 1.165) is 0 Å². The molecule has 0 fully saturated rings. The van der Waals surface area contributed by atoms with Gasteiger partial charge in [0.15, 0.2) is 0 Å². The van der Waals surface area contributed by atoms with Gasteiger partial charge in [0.25, 0.3) is 0 Å². The van der Waals surface area contributed by atoms with Crippen LogP contribution in [0.3, 0.4) is 0 Å². The molecule has 0 saturated carbocycles. The molecule has 0 unspecified atom stereocenters. The molecule has 0 aromatic heterocycles. The van der Waals surface area contributed by atoms with E-state index in [1.807, 2.05) is 0 Å². The molecule has 0 aliphatic rings. The number of hydrogen-bond donors (Lipinski definition) is 3. The Morgan fingerprint density at radius 2 is 1.87 bits per heavy atom. The summed E-state index contributed by atoms with van der Waals surface area (Å²) >= 11 is 0. The average molecular weight is 209 g/mol. The maximum atomic E-state index is 9.44. The minimum atomic E-state index is -0.901. The smallest absolute Gasteiger partial charge is 0.124 e. The van der Waals surface area contributed by atoms with Gasteiger partial charge < -0.3 is 15.3 Å². The maximum Gasteiger partial charge on any atom is 0.124 e. The predicted octanol–water partition coefficient (Wildman–Crippen LogP) is 0.554. The highest BCUT2D eigenvalue weighted by molar-refractivity contribution is 5.83. The molecule has 1 aromatic rings. The number of para-hydroxylation sites is 1. The zero-order chi connectivity index (χ0) is 11.3. The summed E-state index contributed by atoms with van der Waals surface area (Å²) in [6.45, 7) is 1.14. The predicted molar refractivity (Wildman–Crippen MR) is 58.3 cm³/mol. The number of nitrogens with zero attached hydrogens (tertiary/aromatic N) is 1. The molecule has 4 heteroatoms. The van der Waals surface area contributed by atoms with Crippen LogP contribution in [0.5, 0.6) is 5.75 Å². The topological polar surface area (TPSA) is 73.0 Å². The molecule has 0 amide bonds. The van der Waals surface area contributed by atoms with Gasteiger partial charge in [-0.15, -0.1) is 0 Å². The SMILES string of the molecule is CC(CO)(CO)/N=C/c1ccccc1O. The van der Waals surface area contributed by atoms with E-state index >= 15 is 0 Å². The van der Waals surface area contributed by atoms with Crippen LogP contribution in [0.15, 0.2) is 29.3 Å². The average Bonchev–Trinajstić information content (AvgIpc) is 2.28. The first-order chi connectivity index (χ1) is 7.11. The van der Waals surface area contributed by atoms with Gasteiger partial charge in [-0.1, -0.05) is 12.1 Å². The van der Waals surface area contributed by atoms with Crippen LogP contribution >= 0.6 is 0 Å². The van der Waals surface area contributed by atoms with E-state index in [2.05, 4.69) is 4.99 Å². The van der Waals surface area contributed by atoms with E-state index in [1.165, 1.54) is 6.21 Å². The number of hydrogen-bond acceptors (Lipinski definition) is 4. The molecule has 0 atom stereocenters. The molecule has 0 aliphatic heterocycles. The van der Waals surface area contributed by atoms with Crippen molar-refractivity contribution in [2.24, 2.45) is 4.99 Å². The van der Waals surface area contributed by atoms with Crippen molar-refractivity contribution < 1.29 is 15.3 Å². The summed E-state index contributed by atoms with van der Waals surface area (Å²) in [7, 11) is 0. The first kappa shape index (κ1) is 11.7. The Kier molecular flexibility index (Phi) is 3.82. The minimum Gasteiger partial charge on any atom is -0.507 e. The molecule has 4 nitrogen and oxygen atoms in total. The summed E-state index contributed by atoms with van der Waals surface area (Å²) in [5, 5.41) is 27.4. The van der Waals surface area contributed by atoms with E-state index in [1.54, 1.807) is 31.2 Å². The lowest BCUT2D eigenvalue weighted by Gasteiger charge is -2.18. The Labute approximate surface area is 88.5 Å². The normalized spacial score (nSPS) is 12.2. The number of aliphatic hydroxyl groups excluding tert-OH is 2. The van der Waals surface area contributed by atoms with Crippen LogP contribution in [0.2, 0.25) is 0 Å². The minimum absolute atomic E-state index is 0.125. The van der Waals surface area contributed by atoms with Crippen LogP contribution in [0.4, 0.5) is 0 Å². The van der Waals surface area contributed by atoms with E-state index in [4.69, 9.17) is 10.2 Å². The molecular weight excluding hydrogens is 194 g/mol. The molecule has 0 bridgehead atoms. The second kappa shape index (κ2) is 4.91. The molecule has 82 valence electrons. The summed E-state index contributed by atoms with van der Waals surface area (Å²) in [5.74, 6) is 0.125. The van der Waals surface area contributed by atoms with E-state index in [0.29, 0.717) is 5.56 Å². The van der Waals surface area contributed by atoms with Crippen LogP contribution in [-0.2, 0) is 0 Å². The van der Waals surface area contributed by atoms with Gasteiger partial charge in [-0.3, -0.25) is 4.99 Å². The summed E-state index contributed by atoms with van der Waals surface area (Å²) in [4.78, 5) is 4.04. The molecule has 1 rings (SSSR count). The highest BCUT2D eigenvalue weighted by atomic mass is 16.3. The lowest BCUT2D eigenvalue weighted by atomic mass is 10.1. The van der Waals surface area contributed by atoms with Gasteiger partial charge in [-0.25, -0.2) is 0 Å². The van der Waals surface area contributed by atoms with Gasteiger partial charge in [-0.05, 0) is 19.1 Å². The Morgan fingerprint density at radius 1 is 1.27 bits per heavy atom. The van der Waals surface area contributed by atoms with Crippen LogP contribution in [-0.4, -0.2) is 40.3 Å². The third kappa shape index (κ3) is 3.04. The lowest BCUT2D eigenvalue weighted by molar-refractivity contribution is 0.136. The van der Waals surface area contributed by atoms with E-state index < -0.39 is 5.54 Å². The van der Waals surface area contributed by atoms with Crippen molar-refractivity contribution in [2.75, 3.05) is 13.2 Å². The Bertz CT molecular complexity index is 345. The molecule has 15 heavy (non-hydrogen) atoms. The number of aliphatic imine (C=N–C) groups is 1. The van der Waals surface area contributed by atoms with Gasteiger partial charge in [0, 0.05) is 11.8 Å². The summed E-state index contributed by atoms with van der Waals surface area (Å²) in [6, 6.07) is 6.74. The van der Waals surface area contributed by atoms with E-state index in [-0.39, 0.29) is 19.0 Å². The number of benzene rings is 1. The second-order valence-corrected chi connectivity index (χ2v) is 3.63. The van der Waals surface area contributed by atoms with Crippen molar-refractivity contribution >= 4 is 6.21 Å². The molecule has 0 radical (unpaired) electrons. The van der Waals surface area contributed by atoms with Gasteiger partial charge >= 0.3 is 0 Å². The van der Waals surface area contributed by atoms with Gasteiger partial charge in [0.2, 0.25) is 0 Å². The fourth-order valence-electron chi connectivity index (χ4n) is 0.954. The summed E-state index contributed by atoms with van der Waals surface area (Å²) < 4.78 is 0. The molecule has 1 aromatic carbocycles. The van der Waals surface area contributed by atoms with Crippen LogP contribution in [0, 0.1) is 0 Å². The van der Waals surface area contributed by atoms with Crippen LogP contribution < -0.4 is 0 Å². The first-order valence-corrected chi connectivity index (χ1v) is 4.66. The largest absolute Gasteiger partial charge is 0.507 e. The molecule has 0 aliphatic carbocycles. The van der Waals surface area contributed by atoms with Gasteiger partial charge in [-0.2, -0.15) is 0 Å². The third-order valence-corrected chi connectivity index (χ3v) is 2.13. The number of phenolic OH excluding ortho intramolecular Hbond substituents is 1. The number of rotatable bonds is 4. The first-order valence-electron chi connectivity index (χ1n) is 4.66. The highest BCUT2D eigenvalue weighted by Crippen LogP contribution is 2.15. The third-order valence-electron chi connectivity index (χ3n) is 2.13. The number of aliphatic hydroxyl groups is 2. The van der Waals surface area contributed by atoms with Crippen molar-refractivity contribution in [1.82, 2.24) is 0 Å². The zero-order valence-electron chi connectivity index (χ0n) is 8.59. The molecular formula is C11H15NO3. The molecule has 0 spiro atoms. The molecule has 0 saturated heterocycles. The molecule has 0 heterocycles. The Morgan fingerprint density at radius 3 is 2.40 bits per heavy atom. The fraction of sp³-hybridized carbons (Fsp3) is 0.364. The second-order valence-electron chi connectivity index (χ2n) is 3.63. The van der Waals surface area contributed by atoms with E-state index in [9.17, 15) is 5.11 Å². The lowest BCUT2D eigenvalue weighted by Crippen LogP contribution is -2.31. The van der Waals surface area contributed by atoms with Crippen molar-refractivity contribution in [3.8, 4) is 5.75 Å². The Balaban J connectivity index is 2.86. The number of phenols is 1. The zero-order valence-corrected chi connectivity index (χ0v) is 8.59. The Hall–Kier alpha value is -1.39. The maximum absolute atomic E-state index is 9.44. The van der Waals surface area contributed by atoms with Crippen molar-refractivity contribution in [1.29, 1.82) is 0 Å². The van der Waals surface area contributed by atoms with Crippen LogP contribution in [0.1, 0.15) is 12.5 Å². The van der Waals surface area contributed by atoms with Crippen LogP contribution in [0.25, 0.3) is 0 Å². The summed E-state index contributed by atoms with van der Waals surface area (Å²) in [5.41, 5.74) is -0.340. The van der Waals surface area contributed by atoms with Gasteiger partial charge in [0.1, 0.15) is 11.3 Å².